The molecule has 19 heavy (non-hydrogen) atoms. The lowest BCUT2D eigenvalue weighted by atomic mass is 10.1. The second-order valence-electron chi connectivity index (χ2n) is 3.81. The number of nitrogens with one attached hydrogen (secondary N) is 2. The molecule has 0 unspecified atom stereocenters. The Morgan fingerprint density at radius 2 is 1.58 bits per heavy atom. The number of aromatic carboxylic acids is 1. The average molecular weight is 308 g/mol. The maximum absolute atomic E-state index is 11.1. The van der Waals surface area contributed by atoms with Crippen molar-refractivity contribution in [3.8, 4) is 0 Å². The molecule has 1 aromatic rings. The number of carboxylic acid groups (broad SMARTS) is 1. The van der Waals surface area contributed by atoms with Crippen molar-refractivity contribution in [2.45, 2.75) is 0 Å². The van der Waals surface area contributed by atoms with Crippen molar-refractivity contribution < 1.29 is 26.7 Å². The highest BCUT2D eigenvalue weighted by atomic mass is 32.2. The lowest BCUT2D eigenvalue weighted by Crippen LogP contribution is -2.15. The molecule has 0 saturated carbocycles. The Hall–Kier alpha value is -1.81. The molecule has 0 aromatic heterocycles. The Bertz CT molecular complexity index is 708. The van der Waals surface area contributed by atoms with Crippen LogP contribution in [0.2, 0.25) is 0 Å². The Balaban J connectivity index is 3.30. The summed E-state index contributed by atoms with van der Waals surface area (Å²) in [7, 11) is -7.23. The number of carbonyl (C=O) groups is 1. The molecule has 0 radical (unpaired) electrons. The molecule has 1 rings (SSSR count). The predicted molar refractivity (Wildman–Crippen MR) is 70.3 cm³/mol. The van der Waals surface area contributed by atoms with Crippen molar-refractivity contribution in [3.05, 3.63) is 23.8 Å². The summed E-state index contributed by atoms with van der Waals surface area (Å²) in [5, 5.41) is 8.91. The van der Waals surface area contributed by atoms with Crippen LogP contribution in [0.15, 0.2) is 18.2 Å². The molecule has 0 aliphatic carbocycles. The molecule has 1 aromatic carbocycles. The maximum Gasteiger partial charge on any atom is 0.337 e. The summed E-state index contributed by atoms with van der Waals surface area (Å²) in [6.07, 6.45) is 1.77. The Kier molecular flexibility index (Phi) is 4.06. The van der Waals surface area contributed by atoms with E-state index in [0.29, 0.717) is 0 Å². The number of carboxylic acids is 1. The second kappa shape index (κ2) is 5.05. The third kappa shape index (κ3) is 5.14. The van der Waals surface area contributed by atoms with Crippen molar-refractivity contribution in [1.82, 2.24) is 0 Å². The first-order chi connectivity index (χ1) is 8.48. The van der Waals surface area contributed by atoms with E-state index in [1.165, 1.54) is 6.07 Å². The number of anilines is 2. The van der Waals surface area contributed by atoms with Crippen LogP contribution in [-0.2, 0) is 20.0 Å². The summed E-state index contributed by atoms with van der Waals surface area (Å²) >= 11 is 0. The first kappa shape index (κ1) is 15.2. The van der Waals surface area contributed by atoms with Gasteiger partial charge >= 0.3 is 5.97 Å². The molecule has 0 heterocycles. The van der Waals surface area contributed by atoms with Crippen LogP contribution < -0.4 is 9.44 Å². The van der Waals surface area contributed by atoms with Crippen LogP contribution in [0.4, 0.5) is 11.4 Å². The Labute approximate surface area is 110 Å². The summed E-state index contributed by atoms with van der Waals surface area (Å²) in [4.78, 5) is 10.9. The average Bonchev–Trinajstić information content (AvgIpc) is 2.11. The fourth-order valence-corrected chi connectivity index (χ4v) is 2.42. The first-order valence-corrected chi connectivity index (χ1v) is 8.59. The summed E-state index contributed by atoms with van der Waals surface area (Å²) in [5.74, 6) is -1.34. The van der Waals surface area contributed by atoms with E-state index in [1.54, 1.807) is 0 Å². The van der Waals surface area contributed by atoms with E-state index < -0.39 is 26.0 Å². The quantitative estimate of drug-likeness (QED) is 0.708. The minimum Gasteiger partial charge on any atom is -0.478 e. The van der Waals surface area contributed by atoms with E-state index in [0.717, 1.165) is 24.6 Å². The molecule has 0 saturated heterocycles. The molecular weight excluding hydrogens is 296 g/mol. The van der Waals surface area contributed by atoms with Gasteiger partial charge in [0, 0.05) is 0 Å². The largest absolute Gasteiger partial charge is 0.478 e. The third-order valence-corrected chi connectivity index (χ3v) is 3.05. The van der Waals surface area contributed by atoms with Crippen LogP contribution in [0, 0.1) is 0 Å². The summed E-state index contributed by atoms with van der Waals surface area (Å²) in [6, 6.07) is 3.41. The fraction of sp³-hybridized carbons (Fsp3) is 0.222. The minimum absolute atomic E-state index is 0.0543. The third-order valence-electron chi connectivity index (χ3n) is 1.85. The number of hydrogen-bond acceptors (Lipinski definition) is 5. The van der Waals surface area contributed by atoms with E-state index in [9.17, 15) is 21.6 Å². The number of rotatable bonds is 5. The molecule has 106 valence electrons. The molecule has 0 amide bonds. The monoisotopic (exact) mass is 308 g/mol. The molecule has 0 fully saturated rings. The normalized spacial score (nSPS) is 11.9. The first-order valence-electron chi connectivity index (χ1n) is 4.81. The molecule has 0 aliphatic rings. The van der Waals surface area contributed by atoms with Gasteiger partial charge in [-0.1, -0.05) is 0 Å². The van der Waals surface area contributed by atoms with Gasteiger partial charge in [0.1, 0.15) is 0 Å². The topological polar surface area (TPSA) is 130 Å². The Morgan fingerprint density at radius 3 is 2.00 bits per heavy atom. The standard InChI is InChI=1S/C9H12N2O6S2/c1-18(14,15)10-6-3-4-7(9(12)13)8(5-6)11-19(2,16)17/h3-5,10-11H,1-2H3,(H,12,13). The van der Waals surface area contributed by atoms with Crippen molar-refractivity contribution >= 4 is 37.4 Å². The second-order valence-corrected chi connectivity index (χ2v) is 7.31. The lowest BCUT2D eigenvalue weighted by Gasteiger charge is -2.10. The molecule has 0 bridgehead atoms. The fourth-order valence-electron chi connectivity index (χ4n) is 1.29. The van der Waals surface area contributed by atoms with Crippen LogP contribution in [0.25, 0.3) is 0 Å². The zero-order valence-electron chi connectivity index (χ0n) is 10.0. The van der Waals surface area contributed by atoms with Gasteiger partial charge in [-0.05, 0) is 18.2 Å². The summed E-state index contributed by atoms with van der Waals surface area (Å²) in [5.41, 5.74) is -0.452. The van der Waals surface area contributed by atoms with E-state index in [1.807, 2.05) is 4.72 Å². The number of sulfonamides is 2. The molecule has 10 heteroatoms. The molecule has 8 nitrogen and oxygen atoms in total. The molecule has 0 aliphatic heterocycles. The van der Waals surface area contributed by atoms with Crippen LogP contribution in [0.5, 0.6) is 0 Å². The van der Waals surface area contributed by atoms with Gasteiger partial charge in [-0.2, -0.15) is 0 Å². The van der Waals surface area contributed by atoms with Crippen molar-refractivity contribution in [1.29, 1.82) is 0 Å². The van der Waals surface area contributed by atoms with Gasteiger partial charge in [0.05, 0.1) is 29.4 Å². The SMILES string of the molecule is CS(=O)(=O)Nc1ccc(C(=O)O)c(NS(C)(=O)=O)c1. The number of benzene rings is 1. The molecule has 0 spiro atoms. The van der Waals surface area contributed by atoms with Gasteiger partial charge in [0.2, 0.25) is 20.0 Å². The maximum atomic E-state index is 11.1. The molecule has 0 atom stereocenters. The smallest absolute Gasteiger partial charge is 0.337 e. The minimum atomic E-state index is -3.68. The van der Waals surface area contributed by atoms with Crippen molar-refractivity contribution in [2.75, 3.05) is 22.0 Å². The van der Waals surface area contributed by atoms with Gasteiger partial charge < -0.3 is 5.11 Å². The summed E-state index contributed by atoms with van der Waals surface area (Å²) in [6.45, 7) is 0. The number of hydrogen-bond donors (Lipinski definition) is 3. The van der Waals surface area contributed by atoms with Gasteiger partial charge in [-0.3, -0.25) is 9.44 Å². The van der Waals surface area contributed by atoms with Gasteiger partial charge in [-0.25, -0.2) is 21.6 Å². The van der Waals surface area contributed by atoms with E-state index in [-0.39, 0.29) is 16.9 Å². The zero-order valence-corrected chi connectivity index (χ0v) is 11.7. The lowest BCUT2D eigenvalue weighted by molar-refractivity contribution is 0.0698. The predicted octanol–water partition coefficient (Wildman–Crippen LogP) is 0.128. The highest BCUT2D eigenvalue weighted by Crippen LogP contribution is 2.22. The van der Waals surface area contributed by atoms with Crippen LogP contribution in [-0.4, -0.2) is 40.4 Å². The van der Waals surface area contributed by atoms with Crippen LogP contribution in [0.3, 0.4) is 0 Å². The van der Waals surface area contributed by atoms with Crippen LogP contribution in [0.1, 0.15) is 10.4 Å². The van der Waals surface area contributed by atoms with Crippen molar-refractivity contribution in [2.24, 2.45) is 0 Å². The molecular formula is C9H12N2O6S2. The van der Waals surface area contributed by atoms with E-state index in [4.69, 9.17) is 5.11 Å². The zero-order chi connectivity index (χ0) is 14.8. The van der Waals surface area contributed by atoms with Crippen molar-refractivity contribution in [3.63, 3.8) is 0 Å². The van der Waals surface area contributed by atoms with Gasteiger partial charge in [0.15, 0.2) is 0 Å². The van der Waals surface area contributed by atoms with Gasteiger partial charge in [0.25, 0.3) is 0 Å². The summed E-state index contributed by atoms with van der Waals surface area (Å²) < 4.78 is 48.5. The molecule has 3 N–H and O–H groups in total. The highest BCUT2D eigenvalue weighted by Gasteiger charge is 2.15. The van der Waals surface area contributed by atoms with E-state index in [2.05, 4.69) is 4.72 Å². The van der Waals surface area contributed by atoms with E-state index >= 15 is 0 Å². The van der Waals surface area contributed by atoms with Crippen LogP contribution >= 0.6 is 0 Å². The van der Waals surface area contributed by atoms with Gasteiger partial charge in [-0.15, -0.1) is 0 Å². The highest BCUT2D eigenvalue weighted by molar-refractivity contribution is 7.92. The Morgan fingerprint density at radius 1 is 1.05 bits per heavy atom.